The maximum atomic E-state index is 6.06. The lowest BCUT2D eigenvalue weighted by molar-refractivity contribution is 0.117. The third-order valence-corrected chi connectivity index (χ3v) is 6.57. The molecule has 150 valence electrons. The van der Waals surface area contributed by atoms with Gasteiger partial charge < -0.3 is 4.74 Å². The third kappa shape index (κ3) is 5.20. The van der Waals surface area contributed by atoms with E-state index in [1.54, 1.807) is 23.1 Å². The number of aromatic nitrogens is 1. The standard InChI is InChI=1S/C22H22ClN3OS2/c1-28-20-10-4-16(5-11-20)13-25-26-21(17-6-8-18(23)9-7-17)15-29-22(26)24-14-19-3-2-12-27-19/h4-11,13,15,19H,2-3,12,14H2,1H3. The van der Waals surface area contributed by atoms with Gasteiger partial charge >= 0.3 is 0 Å². The van der Waals surface area contributed by atoms with E-state index in [4.69, 9.17) is 26.4 Å². The molecule has 0 bridgehead atoms. The number of hydrogen-bond donors (Lipinski definition) is 0. The van der Waals surface area contributed by atoms with Crippen LogP contribution in [0.1, 0.15) is 18.4 Å². The molecule has 1 aliphatic rings. The van der Waals surface area contributed by atoms with E-state index in [9.17, 15) is 0 Å². The molecule has 0 N–H and O–H groups in total. The fraction of sp³-hybridized carbons (Fsp3) is 0.273. The summed E-state index contributed by atoms with van der Waals surface area (Å²) in [4.78, 5) is 6.90. The third-order valence-electron chi connectivity index (χ3n) is 4.72. The van der Waals surface area contributed by atoms with E-state index in [1.807, 2.05) is 35.2 Å². The van der Waals surface area contributed by atoms with E-state index in [0.717, 1.165) is 46.1 Å². The highest BCUT2D eigenvalue weighted by atomic mass is 35.5. The first-order valence-corrected chi connectivity index (χ1v) is 12.0. The maximum absolute atomic E-state index is 6.06. The van der Waals surface area contributed by atoms with Crippen LogP contribution in [0.25, 0.3) is 11.3 Å². The first-order chi connectivity index (χ1) is 14.2. The van der Waals surface area contributed by atoms with Gasteiger partial charge in [-0.05, 0) is 48.9 Å². The van der Waals surface area contributed by atoms with E-state index >= 15 is 0 Å². The van der Waals surface area contributed by atoms with Crippen LogP contribution >= 0.6 is 34.7 Å². The van der Waals surface area contributed by atoms with Crippen LogP contribution in [-0.2, 0) is 4.74 Å². The van der Waals surface area contributed by atoms with Crippen molar-refractivity contribution in [1.29, 1.82) is 0 Å². The first-order valence-electron chi connectivity index (χ1n) is 9.50. The second-order valence-electron chi connectivity index (χ2n) is 6.72. The van der Waals surface area contributed by atoms with E-state index in [-0.39, 0.29) is 6.10 Å². The molecular formula is C22H22ClN3OS2. The van der Waals surface area contributed by atoms with Gasteiger partial charge in [0.1, 0.15) is 0 Å². The summed E-state index contributed by atoms with van der Waals surface area (Å²) in [5, 5.41) is 7.57. The normalized spacial score (nSPS) is 17.4. The number of benzene rings is 2. The molecule has 1 aliphatic heterocycles. The number of nitrogens with zero attached hydrogens (tertiary/aromatic N) is 3. The van der Waals surface area contributed by atoms with Gasteiger partial charge in [-0.15, -0.1) is 23.1 Å². The molecule has 1 aromatic heterocycles. The first kappa shape index (κ1) is 20.4. The van der Waals surface area contributed by atoms with Crippen LogP contribution in [-0.4, -0.2) is 36.4 Å². The lowest BCUT2D eigenvalue weighted by Crippen LogP contribution is -2.17. The fourth-order valence-electron chi connectivity index (χ4n) is 3.12. The summed E-state index contributed by atoms with van der Waals surface area (Å²) in [6, 6.07) is 16.2. The zero-order valence-electron chi connectivity index (χ0n) is 16.1. The van der Waals surface area contributed by atoms with Crippen molar-refractivity contribution in [3.05, 3.63) is 69.3 Å². The van der Waals surface area contributed by atoms with Crippen molar-refractivity contribution in [3.8, 4) is 11.3 Å². The molecule has 1 unspecified atom stereocenters. The summed E-state index contributed by atoms with van der Waals surface area (Å²) in [6.07, 6.45) is 6.35. The molecule has 4 nitrogen and oxygen atoms in total. The topological polar surface area (TPSA) is 38.9 Å². The monoisotopic (exact) mass is 443 g/mol. The lowest BCUT2D eigenvalue weighted by Gasteiger charge is -2.06. The average Bonchev–Trinajstić information content (AvgIpc) is 3.41. The van der Waals surface area contributed by atoms with Crippen LogP contribution in [0.4, 0.5) is 0 Å². The van der Waals surface area contributed by atoms with Crippen molar-refractivity contribution >= 4 is 40.9 Å². The van der Waals surface area contributed by atoms with E-state index < -0.39 is 0 Å². The molecule has 0 aliphatic carbocycles. The molecule has 0 saturated carbocycles. The van der Waals surface area contributed by atoms with Gasteiger partial charge in [0.15, 0.2) is 0 Å². The minimum atomic E-state index is 0.215. The molecule has 29 heavy (non-hydrogen) atoms. The summed E-state index contributed by atoms with van der Waals surface area (Å²) in [7, 11) is 0. The predicted molar refractivity (Wildman–Crippen MR) is 123 cm³/mol. The van der Waals surface area contributed by atoms with Gasteiger partial charge in [0, 0.05) is 27.5 Å². The second-order valence-corrected chi connectivity index (χ2v) is 8.87. The lowest BCUT2D eigenvalue weighted by atomic mass is 10.2. The minimum Gasteiger partial charge on any atom is -0.376 e. The summed E-state index contributed by atoms with van der Waals surface area (Å²) in [6.45, 7) is 1.50. The van der Waals surface area contributed by atoms with Gasteiger partial charge in [-0.3, -0.25) is 4.99 Å². The number of thioether (sulfide) groups is 1. The molecule has 0 spiro atoms. The Labute approximate surface area is 183 Å². The quantitative estimate of drug-likeness (QED) is 0.370. The highest BCUT2D eigenvalue weighted by molar-refractivity contribution is 7.98. The number of ether oxygens (including phenoxy) is 1. The molecule has 1 fully saturated rings. The molecule has 0 radical (unpaired) electrons. The largest absolute Gasteiger partial charge is 0.376 e. The zero-order valence-corrected chi connectivity index (χ0v) is 18.5. The molecule has 0 amide bonds. The molecule has 1 saturated heterocycles. The van der Waals surface area contributed by atoms with Crippen molar-refractivity contribution in [2.24, 2.45) is 10.1 Å². The highest BCUT2D eigenvalue weighted by Gasteiger charge is 2.15. The molecule has 3 aromatic rings. The summed E-state index contributed by atoms with van der Waals surface area (Å²) < 4.78 is 7.62. The molecule has 2 aromatic carbocycles. The van der Waals surface area contributed by atoms with Crippen molar-refractivity contribution in [3.63, 3.8) is 0 Å². The van der Waals surface area contributed by atoms with Crippen LogP contribution in [0.3, 0.4) is 0 Å². The average molecular weight is 444 g/mol. The number of rotatable bonds is 6. The van der Waals surface area contributed by atoms with Crippen molar-refractivity contribution in [2.75, 3.05) is 19.4 Å². The Morgan fingerprint density at radius 3 is 2.69 bits per heavy atom. The maximum Gasteiger partial charge on any atom is 0.206 e. The number of thiazole rings is 1. The Balaban J connectivity index is 1.68. The SMILES string of the molecule is CSc1ccc(C=Nn2c(-c3ccc(Cl)cc3)csc2=NCC2CCCO2)cc1. The van der Waals surface area contributed by atoms with E-state index in [0.29, 0.717) is 6.54 Å². The molecule has 7 heteroatoms. The minimum absolute atomic E-state index is 0.215. The Kier molecular flexibility index (Phi) is 6.87. The number of halogens is 1. The van der Waals surface area contributed by atoms with Gasteiger partial charge in [-0.1, -0.05) is 35.9 Å². The summed E-state index contributed by atoms with van der Waals surface area (Å²) in [5.74, 6) is 0. The molecule has 2 heterocycles. The fourth-order valence-corrected chi connectivity index (χ4v) is 4.50. The van der Waals surface area contributed by atoms with Crippen LogP contribution < -0.4 is 4.80 Å². The molecular weight excluding hydrogens is 422 g/mol. The number of hydrogen-bond acceptors (Lipinski definition) is 5. The Bertz CT molecular complexity index is 1030. The second kappa shape index (κ2) is 9.76. The van der Waals surface area contributed by atoms with Crippen molar-refractivity contribution in [1.82, 2.24) is 4.68 Å². The van der Waals surface area contributed by atoms with Crippen molar-refractivity contribution < 1.29 is 4.74 Å². The van der Waals surface area contributed by atoms with Gasteiger partial charge in [-0.2, -0.15) is 5.10 Å². The summed E-state index contributed by atoms with van der Waals surface area (Å²) in [5.41, 5.74) is 3.10. The Morgan fingerprint density at radius 2 is 2.00 bits per heavy atom. The van der Waals surface area contributed by atoms with Crippen LogP contribution in [0.5, 0.6) is 0 Å². The van der Waals surface area contributed by atoms with Crippen LogP contribution in [0.2, 0.25) is 5.02 Å². The smallest absolute Gasteiger partial charge is 0.206 e. The van der Waals surface area contributed by atoms with Gasteiger partial charge in [0.25, 0.3) is 0 Å². The molecule has 1 atom stereocenters. The van der Waals surface area contributed by atoms with Crippen LogP contribution in [0.15, 0.2) is 68.9 Å². The van der Waals surface area contributed by atoms with Crippen molar-refractivity contribution in [2.45, 2.75) is 23.8 Å². The van der Waals surface area contributed by atoms with Gasteiger partial charge in [0.2, 0.25) is 4.80 Å². The van der Waals surface area contributed by atoms with E-state index in [1.165, 1.54) is 4.90 Å². The van der Waals surface area contributed by atoms with Crippen LogP contribution in [0, 0.1) is 0 Å². The zero-order chi connectivity index (χ0) is 20.1. The van der Waals surface area contributed by atoms with Gasteiger partial charge in [0.05, 0.1) is 24.6 Å². The van der Waals surface area contributed by atoms with Gasteiger partial charge in [-0.25, -0.2) is 4.68 Å². The molecule has 4 rings (SSSR count). The Hall–Kier alpha value is -1.86. The Morgan fingerprint density at radius 1 is 1.21 bits per heavy atom. The highest BCUT2D eigenvalue weighted by Crippen LogP contribution is 2.22. The van der Waals surface area contributed by atoms with E-state index in [2.05, 4.69) is 35.9 Å². The predicted octanol–water partition coefficient (Wildman–Crippen LogP) is 5.55. The summed E-state index contributed by atoms with van der Waals surface area (Å²) >= 11 is 9.38.